The maximum atomic E-state index is 13.9. The number of nitrogens with zero attached hydrogens (tertiary/aromatic N) is 2. The van der Waals surface area contributed by atoms with Crippen LogP contribution in [0, 0.1) is 5.92 Å². The summed E-state index contributed by atoms with van der Waals surface area (Å²) in [5.74, 6) is -2.28. The fourth-order valence-electron chi connectivity index (χ4n) is 4.99. The Hall–Kier alpha value is -3.18. The summed E-state index contributed by atoms with van der Waals surface area (Å²) in [6.07, 6.45) is 0. The minimum absolute atomic E-state index is 0.208. The van der Waals surface area contributed by atoms with Crippen molar-refractivity contribution in [1.29, 1.82) is 0 Å². The van der Waals surface area contributed by atoms with E-state index in [0.29, 0.717) is 26.3 Å². The van der Waals surface area contributed by atoms with Crippen LogP contribution in [0.25, 0.3) is 0 Å². The van der Waals surface area contributed by atoms with E-state index in [-0.39, 0.29) is 29.1 Å². The standard InChI is InChI=1S/C28H19BrClN3O4S2/c29-16-8-6-15(7-9-16)21-22-23(26(36)33(25(22)35)19-12-10-17(30)11-13-19)38-27-24(21)39-28(37)32(27)14-20(34)31-18-4-2-1-3-5-18/h1-13,21-23H,14H2,(H,31,34)/t21-,22?,23?/m1/s1. The highest BCUT2D eigenvalue weighted by Crippen LogP contribution is 2.54. The second kappa shape index (κ2) is 10.4. The van der Waals surface area contributed by atoms with Gasteiger partial charge >= 0.3 is 4.87 Å². The molecule has 3 aromatic carbocycles. The number of para-hydroxylation sites is 1. The molecule has 1 saturated heterocycles. The number of thioether (sulfide) groups is 1. The molecule has 0 radical (unpaired) electrons. The number of rotatable bonds is 5. The molecule has 0 spiro atoms. The van der Waals surface area contributed by atoms with Crippen LogP contribution in [0.3, 0.4) is 0 Å². The first-order valence-electron chi connectivity index (χ1n) is 12.0. The highest BCUT2D eigenvalue weighted by molar-refractivity contribution is 9.10. The van der Waals surface area contributed by atoms with Crippen molar-refractivity contribution in [3.63, 3.8) is 0 Å². The average molecular weight is 641 g/mol. The highest BCUT2D eigenvalue weighted by atomic mass is 79.9. The van der Waals surface area contributed by atoms with Crippen LogP contribution in [0.15, 0.2) is 93.2 Å². The lowest BCUT2D eigenvalue weighted by Gasteiger charge is -2.30. The number of anilines is 2. The van der Waals surface area contributed by atoms with Crippen LogP contribution in [-0.4, -0.2) is 27.5 Å². The van der Waals surface area contributed by atoms with Gasteiger partial charge in [0.05, 0.1) is 16.6 Å². The summed E-state index contributed by atoms with van der Waals surface area (Å²) in [5, 5.41) is 3.09. The SMILES string of the molecule is O=C(Cn1c2c(sc1=O)[C@H](c1ccc(Br)cc1)C1C(=O)N(c3ccc(Cl)cc3)C(=O)C1S2)Nc1ccccc1. The van der Waals surface area contributed by atoms with E-state index >= 15 is 0 Å². The van der Waals surface area contributed by atoms with Gasteiger partial charge in [0.2, 0.25) is 17.7 Å². The molecule has 0 saturated carbocycles. The lowest BCUT2D eigenvalue weighted by molar-refractivity contribution is -0.122. The monoisotopic (exact) mass is 639 g/mol. The zero-order chi connectivity index (χ0) is 27.3. The van der Waals surface area contributed by atoms with E-state index in [0.717, 1.165) is 21.4 Å². The van der Waals surface area contributed by atoms with Crippen molar-refractivity contribution in [2.75, 3.05) is 10.2 Å². The first-order valence-corrected chi connectivity index (χ1v) is 14.8. The first-order chi connectivity index (χ1) is 18.8. The van der Waals surface area contributed by atoms with E-state index in [2.05, 4.69) is 21.2 Å². The van der Waals surface area contributed by atoms with Crippen LogP contribution >= 0.6 is 50.6 Å². The Balaban J connectivity index is 1.42. The van der Waals surface area contributed by atoms with Crippen molar-refractivity contribution in [1.82, 2.24) is 4.57 Å². The summed E-state index contributed by atoms with van der Waals surface area (Å²) in [6.45, 7) is -0.208. The van der Waals surface area contributed by atoms with Crippen molar-refractivity contribution in [3.8, 4) is 0 Å². The van der Waals surface area contributed by atoms with Gasteiger partial charge in [-0.2, -0.15) is 0 Å². The van der Waals surface area contributed by atoms with Crippen molar-refractivity contribution >= 4 is 79.7 Å². The maximum Gasteiger partial charge on any atom is 0.308 e. The van der Waals surface area contributed by atoms with E-state index < -0.39 is 17.1 Å². The molecule has 39 heavy (non-hydrogen) atoms. The largest absolute Gasteiger partial charge is 0.325 e. The Morgan fingerprint density at radius 1 is 0.923 bits per heavy atom. The lowest BCUT2D eigenvalue weighted by Crippen LogP contribution is -2.33. The molecule has 11 heteroatoms. The summed E-state index contributed by atoms with van der Waals surface area (Å²) in [5.41, 5.74) is 1.88. The van der Waals surface area contributed by atoms with Gasteiger partial charge in [-0.05, 0) is 54.1 Å². The van der Waals surface area contributed by atoms with Gasteiger partial charge in [0.25, 0.3) is 0 Å². The predicted molar refractivity (Wildman–Crippen MR) is 157 cm³/mol. The molecule has 1 aromatic heterocycles. The fraction of sp³-hybridized carbons (Fsp3) is 0.143. The molecule has 3 amide bonds. The molecule has 3 heterocycles. The summed E-state index contributed by atoms with van der Waals surface area (Å²) in [4.78, 5) is 55.3. The number of fused-ring (bicyclic) bond motifs is 2. The Labute approximate surface area is 244 Å². The lowest BCUT2D eigenvalue weighted by atomic mass is 9.83. The smallest absolute Gasteiger partial charge is 0.308 e. The molecule has 2 aliphatic rings. The number of hydrogen-bond donors (Lipinski definition) is 1. The Bertz CT molecular complexity index is 1660. The number of aromatic nitrogens is 1. The molecular weight excluding hydrogens is 622 g/mol. The van der Waals surface area contributed by atoms with Crippen LogP contribution in [-0.2, 0) is 20.9 Å². The van der Waals surface area contributed by atoms with Crippen LogP contribution < -0.4 is 15.1 Å². The number of amides is 3. The van der Waals surface area contributed by atoms with Crippen LogP contribution in [0.1, 0.15) is 16.4 Å². The summed E-state index contributed by atoms with van der Waals surface area (Å²) in [6, 6.07) is 23.1. The molecule has 6 rings (SSSR count). The van der Waals surface area contributed by atoms with E-state index in [4.69, 9.17) is 11.6 Å². The second-order valence-corrected chi connectivity index (χ2v) is 12.6. The quantitative estimate of drug-likeness (QED) is 0.280. The average Bonchev–Trinajstić information content (AvgIpc) is 3.36. The van der Waals surface area contributed by atoms with Gasteiger partial charge in [0.1, 0.15) is 11.8 Å². The van der Waals surface area contributed by atoms with E-state index in [1.165, 1.54) is 21.2 Å². The first kappa shape index (κ1) is 26.1. The molecular formula is C28H19BrClN3O4S2. The van der Waals surface area contributed by atoms with Gasteiger partial charge in [-0.1, -0.05) is 81.0 Å². The van der Waals surface area contributed by atoms with Crippen molar-refractivity contribution in [3.05, 3.63) is 108 Å². The molecule has 1 N–H and O–H groups in total. The predicted octanol–water partition coefficient (Wildman–Crippen LogP) is 5.76. The third-order valence-corrected chi connectivity index (χ3v) is 10.1. The zero-order valence-corrected chi connectivity index (χ0v) is 24.0. The number of carbonyl (C=O) groups excluding carboxylic acids is 3. The molecule has 1 fully saturated rings. The van der Waals surface area contributed by atoms with Gasteiger partial charge in [-0.15, -0.1) is 0 Å². The van der Waals surface area contributed by atoms with Gasteiger partial charge in [-0.3, -0.25) is 23.7 Å². The Morgan fingerprint density at radius 3 is 2.31 bits per heavy atom. The molecule has 0 aliphatic carbocycles. The normalized spacial score (nSPS) is 20.1. The molecule has 196 valence electrons. The van der Waals surface area contributed by atoms with E-state index in [1.54, 1.807) is 36.4 Å². The third-order valence-electron chi connectivity index (χ3n) is 6.72. The van der Waals surface area contributed by atoms with Gasteiger partial charge in [0, 0.05) is 26.0 Å². The summed E-state index contributed by atoms with van der Waals surface area (Å²) in [7, 11) is 0. The van der Waals surface area contributed by atoms with Gasteiger partial charge in [0.15, 0.2) is 0 Å². The van der Waals surface area contributed by atoms with Crippen molar-refractivity contribution in [2.45, 2.75) is 22.7 Å². The molecule has 2 unspecified atom stereocenters. The topological polar surface area (TPSA) is 88.5 Å². The number of carbonyl (C=O) groups is 3. The van der Waals surface area contributed by atoms with Crippen LogP contribution in [0.5, 0.6) is 0 Å². The molecule has 4 aromatic rings. The number of hydrogen-bond acceptors (Lipinski definition) is 6. The molecule has 2 aliphatic heterocycles. The van der Waals surface area contributed by atoms with Crippen molar-refractivity contribution < 1.29 is 14.4 Å². The number of imide groups is 1. The second-order valence-electron chi connectivity index (χ2n) is 9.12. The third kappa shape index (κ3) is 4.75. The Morgan fingerprint density at radius 2 is 1.62 bits per heavy atom. The molecule has 0 bridgehead atoms. The van der Waals surface area contributed by atoms with E-state index in [1.807, 2.05) is 42.5 Å². The summed E-state index contributed by atoms with van der Waals surface area (Å²) < 4.78 is 2.28. The Kier molecular flexibility index (Phi) is 6.96. The maximum absolute atomic E-state index is 13.9. The van der Waals surface area contributed by atoms with Gasteiger partial charge in [-0.25, -0.2) is 4.90 Å². The molecule has 3 atom stereocenters. The fourth-order valence-corrected chi connectivity index (χ4v) is 8.16. The minimum atomic E-state index is -0.758. The van der Waals surface area contributed by atoms with Crippen LogP contribution in [0.4, 0.5) is 11.4 Å². The summed E-state index contributed by atoms with van der Waals surface area (Å²) >= 11 is 11.7. The minimum Gasteiger partial charge on any atom is -0.325 e. The number of nitrogens with one attached hydrogen (secondary N) is 1. The van der Waals surface area contributed by atoms with Crippen LogP contribution in [0.2, 0.25) is 5.02 Å². The zero-order valence-electron chi connectivity index (χ0n) is 20.0. The molecule has 7 nitrogen and oxygen atoms in total. The van der Waals surface area contributed by atoms with Gasteiger partial charge < -0.3 is 5.32 Å². The number of thiazole rings is 1. The highest BCUT2D eigenvalue weighted by Gasteiger charge is 2.56. The number of benzene rings is 3. The number of halogens is 2. The van der Waals surface area contributed by atoms with Crippen molar-refractivity contribution in [2.24, 2.45) is 5.92 Å². The van der Waals surface area contributed by atoms with E-state index in [9.17, 15) is 19.2 Å².